The Kier molecular flexibility index (Phi) is 4.21. The van der Waals surface area contributed by atoms with Crippen molar-refractivity contribution in [1.29, 1.82) is 0 Å². The van der Waals surface area contributed by atoms with Gasteiger partial charge in [-0.15, -0.1) is 0 Å². The zero-order valence-electron chi connectivity index (χ0n) is 12.2. The molecule has 2 fully saturated rings. The number of aromatic nitrogens is 2. The standard InChI is InChI=1S/C14H21N3O4/c1-2-17-5-6-20-11(8-17)12-15-13(21-16-12)9-3-4-10(7-9)14(18)19/h9-11H,2-8H2,1H3,(H,18,19). The minimum atomic E-state index is -0.730. The summed E-state index contributed by atoms with van der Waals surface area (Å²) in [5.41, 5.74) is 0. The average Bonchev–Trinajstić information content (AvgIpc) is 3.16. The molecule has 0 aromatic carbocycles. The van der Waals surface area contributed by atoms with Gasteiger partial charge >= 0.3 is 5.97 Å². The lowest BCUT2D eigenvalue weighted by Crippen LogP contribution is -2.38. The summed E-state index contributed by atoms with van der Waals surface area (Å²) in [5.74, 6) is 0.199. The summed E-state index contributed by atoms with van der Waals surface area (Å²) >= 11 is 0. The van der Waals surface area contributed by atoms with Gasteiger partial charge in [0.25, 0.3) is 0 Å². The predicted octanol–water partition coefficient (Wildman–Crippen LogP) is 1.43. The first-order valence-electron chi connectivity index (χ1n) is 7.57. The van der Waals surface area contributed by atoms with E-state index >= 15 is 0 Å². The molecule has 3 atom stereocenters. The van der Waals surface area contributed by atoms with E-state index in [-0.39, 0.29) is 17.9 Å². The topological polar surface area (TPSA) is 88.7 Å². The van der Waals surface area contributed by atoms with Crippen molar-refractivity contribution in [2.24, 2.45) is 5.92 Å². The van der Waals surface area contributed by atoms with Crippen LogP contribution < -0.4 is 0 Å². The van der Waals surface area contributed by atoms with Gasteiger partial charge in [0.1, 0.15) is 6.10 Å². The zero-order chi connectivity index (χ0) is 14.8. The second-order valence-electron chi connectivity index (χ2n) is 5.79. The zero-order valence-corrected chi connectivity index (χ0v) is 12.2. The van der Waals surface area contributed by atoms with Crippen LogP contribution in [0, 0.1) is 5.92 Å². The molecule has 3 rings (SSSR count). The molecule has 21 heavy (non-hydrogen) atoms. The highest BCUT2D eigenvalue weighted by molar-refractivity contribution is 5.70. The quantitative estimate of drug-likeness (QED) is 0.898. The van der Waals surface area contributed by atoms with Crippen LogP contribution in [0.5, 0.6) is 0 Å². The fourth-order valence-corrected chi connectivity index (χ4v) is 3.12. The van der Waals surface area contributed by atoms with Crippen LogP contribution in [0.15, 0.2) is 4.52 Å². The fourth-order valence-electron chi connectivity index (χ4n) is 3.12. The Balaban J connectivity index is 1.65. The summed E-state index contributed by atoms with van der Waals surface area (Å²) in [6, 6.07) is 0. The highest BCUT2D eigenvalue weighted by Gasteiger charge is 2.35. The van der Waals surface area contributed by atoms with Crippen molar-refractivity contribution in [3.05, 3.63) is 11.7 Å². The number of likely N-dealkylation sites (N-methyl/N-ethyl adjacent to an activating group) is 1. The molecular formula is C14H21N3O4. The lowest BCUT2D eigenvalue weighted by molar-refractivity contribution is -0.141. The molecule has 116 valence electrons. The number of ether oxygens (including phenoxy) is 1. The van der Waals surface area contributed by atoms with Crippen molar-refractivity contribution < 1.29 is 19.2 Å². The molecule has 1 saturated heterocycles. The highest BCUT2D eigenvalue weighted by Crippen LogP contribution is 2.38. The van der Waals surface area contributed by atoms with E-state index in [4.69, 9.17) is 14.4 Å². The first-order chi connectivity index (χ1) is 10.2. The third-order valence-electron chi connectivity index (χ3n) is 4.47. The van der Waals surface area contributed by atoms with E-state index in [9.17, 15) is 4.79 Å². The average molecular weight is 295 g/mol. The van der Waals surface area contributed by atoms with Gasteiger partial charge in [-0.25, -0.2) is 0 Å². The number of hydrogen-bond acceptors (Lipinski definition) is 6. The van der Waals surface area contributed by atoms with Crippen LogP contribution >= 0.6 is 0 Å². The van der Waals surface area contributed by atoms with Gasteiger partial charge in [-0.05, 0) is 25.8 Å². The maximum atomic E-state index is 11.0. The van der Waals surface area contributed by atoms with E-state index in [0.29, 0.717) is 31.2 Å². The second-order valence-corrected chi connectivity index (χ2v) is 5.79. The molecule has 1 saturated carbocycles. The largest absolute Gasteiger partial charge is 0.481 e. The molecule has 2 aliphatic rings. The van der Waals surface area contributed by atoms with Crippen LogP contribution in [0.1, 0.15) is 49.9 Å². The minimum absolute atomic E-state index is 0.0678. The number of hydrogen-bond donors (Lipinski definition) is 1. The molecule has 2 heterocycles. The van der Waals surface area contributed by atoms with E-state index in [2.05, 4.69) is 22.0 Å². The first kappa shape index (κ1) is 14.5. The highest BCUT2D eigenvalue weighted by atomic mass is 16.5. The maximum absolute atomic E-state index is 11.0. The second kappa shape index (κ2) is 6.11. The molecule has 1 aromatic heterocycles. The van der Waals surface area contributed by atoms with Gasteiger partial charge < -0.3 is 14.4 Å². The Hall–Kier alpha value is -1.47. The van der Waals surface area contributed by atoms with Crippen LogP contribution in [-0.4, -0.2) is 52.4 Å². The molecular weight excluding hydrogens is 274 g/mol. The SMILES string of the molecule is CCN1CCOC(c2noc(C3CCC(C(=O)O)C3)n2)C1. The van der Waals surface area contributed by atoms with E-state index in [1.807, 2.05) is 0 Å². The van der Waals surface area contributed by atoms with Crippen molar-refractivity contribution in [2.45, 2.75) is 38.2 Å². The van der Waals surface area contributed by atoms with E-state index in [1.54, 1.807) is 0 Å². The molecule has 0 radical (unpaired) electrons. The maximum Gasteiger partial charge on any atom is 0.306 e. The molecule has 0 bridgehead atoms. The van der Waals surface area contributed by atoms with Crippen LogP contribution in [0.4, 0.5) is 0 Å². The summed E-state index contributed by atoms with van der Waals surface area (Å²) in [5, 5.41) is 13.1. The summed E-state index contributed by atoms with van der Waals surface area (Å²) in [7, 11) is 0. The van der Waals surface area contributed by atoms with Crippen LogP contribution in [0.3, 0.4) is 0 Å². The Morgan fingerprint density at radius 2 is 2.33 bits per heavy atom. The third-order valence-corrected chi connectivity index (χ3v) is 4.47. The number of aliphatic carboxylic acids is 1. The third kappa shape index (κ3) is 3.08. The van der Waals surface area contributed by atoms with Crippen molar-refractivity contribution in [2.75, 3.05) is 26.2 Å². The number of nitrogens with zero attached hydrogens (tertiary/aromatic N) is 3. The van der Waals surface area contributed by atoms with Gasteiger partial charge in [0.15, 0.2) is 0 Å². The van der Waals surface area contributed by atoms with Gasteiger partial charge in [0.05, 0.1) is 12.5 Å². The van der Waals surface area contributed by atoms with Gasteiger partial charge in [-0.3, -0.25) is 9.69 Å². The van der Waals surface area contributed by atoms with Gasteiger partial charge in [-0.1, -0.05) is 12.1 Å². The van der Waals surface area contributed by atoms with E-state index < -0.39 is 5.97 Å². The van der Waals surface area contributed by atoms with Crippen molar-refractivity contribution in [3.63, 3.8) is 0 Å². The minimum Gasteiger partial charge on any atom is -0.481 e. The van der Waals surface area contributed by atoms with E-state index in [1.165, 1.54) is 0 Å². The van der Waals surface area contributed by atoms with Crippen molar-refractivity contribution >= 4 is 5.97 Å². The summed E-state index contributed by atoms with van der Waals surface area (Å²) < 4.78 is 11.1. The summed E-state index contributed by atoms with van der Waals surface area (Å²) in [6.45, 7) is 5.48. The van der Waals surface area contributed by atoms with Crippen LogP contribution in [-0.2, 0) is 9.53 Å². The number of rotatable bonds is 4. The fraction of sp³-hybridized carbons (Fsp3) is 0.786. The lowest BCUT2D eigenvalue weighted by Gasteiger charge is -2.30. The summed E-state index contributed by atoms with van der Waals surface area (Å²) in [4.78, 5) is 17.8. The van der Waals surface area contributed by atoms with Gasteiger partial charge in [0, 0.05) is 19.0 Å². The predicted molar refractivity (Wildman–Crippen MR) is 72.8 cm³/mol. The van der Waals surface area contributed by atoms with Crippen LogP contribution in [0.25, 0.3) is 0 Å². The Morgan fingerprint density at radius 1 is 1.48 bits per heavy atom. The number of morpholine rings is 1. The molecule has 1 N–H and O–H groups in total. The van der Waals surface area contributed by atoms with Crippen molar-refractivity contribution in [3.8, 4) is 0 Å². The number of carboxylic acids is 1. The van der Waals surface area contributed by atoms with Gasteiger partial charge in [0.2, 0.25) is 11.7 Å². The monoisotopic (exact) mass is 295 g/mol. The molecule has 1 aromatic rings. The number of carboxylic acid groups (broad SMARTS) is 1. The molecule has 0 amide bonds. The smallest absolute Gasteiger partial charge is 0.306 e. The molecule has 7 heteroatoms. The Morgan fingerprint density at radius 3 is 3.05 bits per heavy atom. The van der Waals surface area contributed by atoms with Crippen molar-refractivity contribution in [1.82, 2.24) is 15.0 Å². The molecule has 7 nitrogen and oxygen atoms in total. The Bertz CT molecular complexity index is 504. The van der Waals surface area contributed by atoms with Gasteiger partial charge in [-0.2, -0.15) is 4.98 Å². The molecule has 1 aliphatic carbocycles. The first-order valence-corrected chi connectivity index (χ1v) is 7.57. The molecule has 0 spiro atoms. The molecule has 3 unspecified atom stereocenters. The summed E-state index contributed by atoms with van der Waals surface area (Å²) in [6.07, 6.45) is 1.92. The lowest BCUT2D eigenvalue weighted by atomic mass is 10.1. The van der Waals surface area contributed by atoms with Crippen LogP contribution in [0.2, 0.25) is 0 Å². The number of carbonyl (C=O) groups is 1. The normalized spacial score (nSPS) is 30.6. The molecule has 1 aliphatic heterocycles. The Labute approximate surface area is 123 Å². The van der Waals surface area contributed by atoms with E-state index in [0.717, 1.165) is 26.1 Å².